The maximum Gasteiger partial charge on any atom is 0.317 e. The van der Waals surface area contributed by atoms with Crippen molar-refractivity contribution >= 4 is 23.6 Å². The summed E-state index contributed by atoms with van der Waals surface area (Å²) in [6.45, 7) is 2.69. The number of β-amino-alcohol motifs (C(OH)–C–C–N with tert-alkyl or cyclic N) is 1. The molecule has 202 valence electrons. The zero-order chi connectivity index (χ0) is 26.5. The van der Waals surface area contributed by atoms with Gasteiger partial charge in [0.25, 0.3) is 0 Å². The molecule has 1 unspecified atom stereocenters. The van der Waals surface area contributed by atoms with Crippen LogP contribution in [-0.4, -0.2) is 149 Å². The molecule has 0 aliphatic carbocycles. The molecular weight excluding hydrogens is 474 g/mol. The Morgan fingerprint density at radius 3 is 1.44 bits per heavy atom. The highest BCUT2D eigenvalue weighted by Gasteiger charge is 2.21. The van der Waals surface area contributed by atoms with Crippen LogP contribution in [-0.2, 0) is 14.4 Å². The Balaban J connectivity index is 2.05. The summed E-state index contributed by atoms with van der Waals surface area (Å²) >= 11 is 0. The van der Waals surface area contributed by atoms with Gasteiger partial charge in [-0.2, -0.15) is 0 Å². The van der Waals surface area contributed by atoms with Crippen LogP contribution in [0.2, 0.25) is 0 Å². The van der Waals surface area contributed by atoms with Crippen LogP contribution in [0.15, 0.2) is 24.3 Å². The number of nitrogens with zero attached hydrogens (tertiary/aromatic N) is 4. The third-order valence-corrected chi connectivity index (χ3v) is 5.80. The fourth-order valence-corrected chi connectivity index (χ4v) is 3.92. The Morgan fingerprint density at radius 2 is 1.08 bits per heavy atom. The summed E-state index contributed by atoms with van der Waals surface area (Å²) in [5.74, 6) is -2.40. The minimum absolute atomic E-state index is 0.0439. The van der Waals surface area contributed by atoms with E-state index in [2.05, 4.69) is 0 Å². The lowest BCUT2D eigenvalue weighted by Crippen LogP contribution is -2.49. The summed E-state index contributed by atoms with van der Waals surface area (Å²) in [6.07, 6.45) is -0.831. The third-order valence-electron chi connectivity index (χ3n) is 5.80. The number of aliphatic hydroxyl groups is 1. The minimum Gasteiger partial charge on any atom is -0.491 e. The molecule has 0 aromatic heterocycles. The van der Waals surface area contributed by atoms with Gasteiger partial charge in [-0.1, -0.05) is 0 Å². The molecule has 36 heavy (non-hydrogen) atoms. The molecule has 0 radical (unpaired) electrons. The second-order valence-corrected chi connectivity index (χ2v) is 8.84. The fraction of sp³-hybridized carbons (Fsp3) is 0.609. The number of hydrogen-bond donors (Lipinski definition) is 5. The highest BCUT2D eigenvalue weighted by Crippen LogP contribution is 2.13. The first-order chi connectivity index (χ1) is 17.1. The van der Waals surface area contributed by atoms with E-state index in [0.29, 0.717) is 63.8 Å². The highest BCUT2D eigenvalue weighted by molar-refractivity contribution is 5.69. The van der Waals surface area contributed by atoms with Gasteiger partial charge in [0.05, 0.1) is 19.6 Å². The molecule has 1 atom stereocenters. The first-order valence-electron chi connectivity index (χ1n) is 11.8. The van der Waals surface area contributed by atoms with Gasteiger partial charge in [0, 0.05) is 64.6 Å². The molecule has 0 saturated carbocycles. The van der Waals surface area contributed by atoms with Crippen molar-refractivity contribution in [1.29, 1.82) is 0 Å². The molecule has 1 aromatic carbocycles. The van der Waals surface area contributed by atoms with Crippen LogP contribution in [0, 0.1) is 0 Å². The normalized spacial score (nSPS) is 18.6. The largest absolute Gasteiger partial charge is 0.491 e. The van der Waals surface area contributed by atoms with Gasteiger partial charge in [0.1, 0.15) is 18.5 Å². The Bertz CT molecular complexity index is 808. The summed E-state index contributed by atoms with van der Waals surface area (Å²) in [6, 6.07) is 6.81. The summed E-state index contributed by atoms with van der Waals surface area (Å²) in [4.78, 5) is 41.1. The predicted molar refractivity (Wildman–Crippen MR) is 131 cm³/mol. The topological polar surface area (TPSA) is 180 Å². The smallest absolute Gasteiger partial charge is 0.317 e. The van der Waals surface area contributed by atoms with E-state index in [1.54, 1.807) is 39.0 Å². The predicted octanol–water partition coefficient (Wildman–Crippen LogP) is -1.52. The number of anilines is 1. The van der Waals surface area contributed by atoms with Gasteiger partial charge >= 0.3 is 17.9 Å². The van der Waals surface area contributed by atoms with Crippen molar-refractivity contribution in [2.45, 2.75) is 6.10 Å². The van der Waals surface area contributed by atoms with E-state index < -0.39 is 24.0 Å². The van der Waals surface area contributed by atoms with Gasteiger partial charge in [0.15, 0.2) is 0 Å². The lowest BCUT2D eigenvalue weighted by Gasteiger charge is -2.33. The van der Waals surface area contributed by atoms with Crippen molar-refractivity contribution in [2.75, 3.05) is 90.9 Å². The molecular formula is C23H37N5O8. The maximum atomic E-state index is 11.4. The molecule has 1 aromatic rings. The van der Waals surface area contributed by atoms with Crippen molar-refractivity contribution in [2.24, 2.45) is 0 Å². The number of nitrogens with two attached hydrogens (primary N) is 1. The van der Waals surface area contributed by atoms with Crippen molar-refractivity contribution in [3.8, 4) is 5.75 Å². The Morgan fingerprint density at radius 1 is 0.722 bits per heavy atom. The van der Waals surface area contributed by atoms with Crippen LogP contribution < -0.4 is 10.5 Å². The number of aliphatic hydroxyl groups excluding tert-OH is 1. The van der Waals surface area contributed by atoms with Crippen LogP contribution in [0.3, 0.4) is 0 Å². The van der Waals surface area contributed by atoms with Crippen molar-refractivity contribution in [3.63, 3.8) is 0 Å². The lowest BCUT2D eigenvalue weighted by atomic mass is 10.2. The number of nitrogen functional groups attached to an aromatic ring is 1. The van der Waals surface area contributed by atoms with E-state index in [1.807, 2.05) is 4.90 Å². The second kappa shape index (κ2) is 15.2. The third kappa shape index (κ3) is 12.1. The van der Waals surface area contributed by atoms with Crippen LogP contribution in [0.25, 0.3) is 0 Å². The monoisotopic (exact) mass is 511 g/mol. The number of carbonyl (C=O) groups is 3. The van der Waals surface area contributed by atoms with Crippen molar-refractivity contribution in [1.82, 2.24) is 19.6 Å². The first-order valence-corrected chi connectivity index (χ1v) is 11.8. The summed E-state index contributed by atoms with van der Waals surface area (Å²) in [7, 11) is 0. The zero-order valence-corrected chi connectivity index (χ0v) is 20.4. The molecule has 1 aliphatic rings. The number of carboxylic acids is 3. The average Bonchev–Trinajstić information content (AvgIpc) is 2.79. The molecule has 0 amide bonds. The highest BCUT2D eigenvalue weighted by atomic mass is 16.5. The van der Waals surface area contributed by atoms with E-state index in [4.69, 9.17) is 10.5 Å². The van der Waals surface area contributed by atoms with Gasteiger partial charge in [-0.15, -0.1) is 0 Å². The molecule has 1 fully saturated rings. The van der Waals surface area contributed by atoms with E-state index >= 15 is 0 Å². The molecule has 13 nitrogen and oxygen atoms in total. The minimum atomic E-state index is -1.00. The number of rotatable bonds is 11. The van der Waals surface area contributed by atoms with Crippen LogP contribution >= 0.6 is 0 Å². The molecule has 2 rings (SSSR count). The molecule has 0 spiro atoms. The van der Waals surface area contributed by atoms with Crippen molar-refractivity contribution < 1.29 is 39.5 Å². The van der Waals surface area contributed by atoms with Gasteiger partial charge in [0.2, 0.25) is 0 Å². The summed E-state index contributed by atoms with van der Waals surface area (Å²) < 4.78 is 5.63. The van der Waals surface area contributed by atoms with E-state index in [0.717, 1.165) is 0 Å². The summed E-state index contributed by atoms with van der Waals surface area (Å²) in [5.41, 5.74) is 6.27. The molecule has 13 heteroatoms. The van der Waals surface area contributed by atoms with Gasteiger partial charge in [-0.3, -0.25) is 34.0 Å². The Labute approximate surface area is 210 Å². The zero-order valence-electron chi connectivity index (χ0n) is 20.4. The fourth-order valence-electron chi connectivity index (χ4n) is 3.92. The quantitative estimate of drug-likeness (QED) is 0.216. The first kappa shape index (κ1) is 29.3. The Hall–Kier alpha value is -2.97. The molecule has 1 aliphatic heterocycles. The van der Waals surface area contributed by atoms with Crippen LogP contribution in [0.5, 0.6) is 5.75 Å². The van der Waals surface area contributed by atoms with Crippen molar-refractivity contribution in [3.05, 3.63) is 24.3 Å². The molecule has 0 bridgehead atoms. The number of benzene rings is 1. The van der Waals surface area contributed by atoms with E-state index in [9.17, 15) is 34.8 Å². The Kier molecular flexibility index (Phi) is 12.4. The van der Waals surface area contributed by atoms with E-state index in [-0.39, 0.29) is 32.8 Å². The van der Waals surface area contributed by atoms with Gasteiger partial charge in [-0.25, -0.2) is 0 Å². The average molecular weight is 512 g/mol. The number of carboxylic acid groups (broad SMARTS) is 3. The van der Waals surface area contributed by atoms with Gasteiger partial charge in [-0.05, 0) is 24.3 Å². The van der Waals surface area contributed by atoms with Gasteiger partial charge < -0.3 is 30.9 Å². The second-order valence-electron chi connectivity index (χ2n) is 8.84. The maximum absolute atomic E-state index is 11.4. The molecule has 1 heterocycles. The van der Waals surface area contributed by atoms with Crippen LogP contribution in [0.1, 0.15) is 0 Å². The number of aliphatic carboxylic acids is 3. The standard InChI is InChI=1S/C23H37N5O8/c24-18-1-3-20(4-2-18)36-17-19(29)13-25-5-7-26(14-21(30)31)9-11-28(16-23(34)35)12-10-27(8-6-25)15-22(32)33/h1-4,19,29H,5-17,24H2,(H,30,31)(H,32,33)(H,34,35). The van der Waals surface area contributed by atoms with E-state index in [1.165, 1.54) is 0 Å². The molecule has 6 N–H and O–H groups in total. The van der Waals surface area contributed by atoms with Crippen LogP contribution in [0.4, 0.5) is 5.69 Å². The lowest BCUT2D eigenvalue weighted by molar-refractivity contribution is -0.140. The number of hydrogen-bond acceptors (Lipinski definition) is 10. The molecule has 1 saturated heterocycles. The number of ether oxygens (including phenoxy) is 1. The SMILES string of the molecule is Nc1ccc(OCC(O)CN2CCN(CC(=O)O)CCN(CC(=O)O)CCN(CC(=O)O)CC2)cc1. The summed E-state index contributed by atoms with van der Waals surface area (Å²) in [5, 5.41) is 38.4.